The van der Waals surface area contributed by atoms with Crippen LogP contribution in [0.25, 0.3) is 10.9 Å². The Hall–Kier alpha value is -1.67. The van der Waals surface area contributed by atoms with Crippen molar-refractivity contribution in [3.05, 3.63) is 65.2 Å². The highest BCUT2D eigenvalue weighted by atomic mass is 32.1. The second-order valence-electron chi connectivity index (χ2n) is 4.66. The molecule has 1 heterocycles. The van der Waals surface area contributed by atoms with E-state index in [0.29, 0.717) is 0 Å². The van der Waals surface area contributed by atoms with Crippen molar-refractivity contribution in [3.8, 4) is 0 Å². The van der Waals surface area contributed by atoms with Crippen LogP contribution in [0.1, 0.15) is 16.7 Å². The molecule has 1 aromatic heterocycles. The zero-order valence-electron chi connectivity index (χ0n) is 10.3. The average molecular weight is 253 g/mol. The molecule has 2 heteroatoms. The minimum Gasteiger partial charge on any atom is -0.350 e. The van der Waals surface area contributed by atoms with Crippen molar-refractivity contribution in [2.45, 2.75) is 18.4 Å². The molecule has 0 atom stereocenters. The van der Waals surface area contributed by atoms with Gasteiger partial charge in [0.25, 0.3) is 0 Å². The SMILES string of the molecule is Cc1ccc2c(Cc3ccccc3)c(S)[nH]c2c1. The van der Waals surface area contributed by atoms with Gasteiger partial charge in [0.2, 0.25) is 0 Å². The number of hydrogen-bond donors (Lipinski definition) is 2. The maximum Gasteiger partial charge on any atom is 0.0737 e. The Morgan fingerprint density at radius 3 is 2.61 bits per heavy atom. The van der Waals surface area contributed by atoms with Gasteiger partial charge in [-0.15, -0.1) is 12.6 Å². The van der Waals surface area contributed by atoms with Gasteiger partial charge in [0.1, 0.15) is 0 Å². The van der Waals surface area contributed by atoms with E-state index in [0.717, 1.165) is 11.4 Å². The minimum absolute atomic E-state index is 0.919. The summed E-state index contributed by atoms with van der Waals surface area (Å²) in [5.74, 6) is 0. The molecule has 18 heavy (non-hydrogen) atoms. The number of aryl methyl sites for hydroxylation is 1. The zero-order valence-corrected chi connectivity index (χ0v) is 11.2. The van der Waals surface area contributed by atoms with Crippen molar-refractivity contribution in [2.24, 2.45) is 0 Å². The summed E-state index contributed by atoms with van der Waals surface area (Å²) in [7, 11) is 0. The molecule has 0 aliphatic rings. The van der Waals surface area contributed by atoms with Gasteiger partial charge in [0.05, 0.1) is 5.03 Å². The number of hydrogen-bond acceptors (Lipinski definition) is 1. The van der Waals surface area contributed by atoms with E-state index in [1.165, 1.54) is 27.6 Å². The fourth-order valence-corrected chi connectivity index (χ4v) is 2.65. The van der Waals surface area contributed by atoms with Crippen LogP contribution in [0.5, 0.6) is 0 Å². The van der Waals surface area contributed by atoms with Crippen LogP contribution in [0, 0.1) is 6.92 Å². The second-order valence-corrected chi connectivity index (χ2v) is 5.11. The number of fused-ring (bicyclic) bond motifs is 1. The molecule has 1 N–H and O–H groups in total. The molecule has 3 rings (SSSR count). The molecule has 2 aromatic carbocycles. The number of aromatic amines is 1. The first-order valence-electron chi connectivity index (χ1n) is 6.08. The summed E-state index contributed by atoms with van der Waals surface area (Å²) in [6, 6.07) is 17.0. The Labute approximate surface area is 112 Å². The summed E-state index contributed by atoms with van der Waals surface area (Å²) in [5, 5.41) is 2.24. The molecule has 0 amide bonds. The summed E-state index contributed by atoms with van der Waals surface area (Å²) >= 11 is 4.57. The first-order chi connectivity index (χ1) is 8.74. The third-order valence-corrected chi connectivity index (χ3v) is 3.64. The van der Waals surface area contributed by atoms with Crippen molar-refractivity contribution in [1.82, 2.24) is 4.98 Å². The van der Waals surface area contributed by atoms with Gasteiger partial charge in [-0.1, -0.05) is 42.5 Å². The molecule has 0 unspecified atom stereocenters. The van der Waals surface area contributed by atoms with Gasteiger partial charge in [-0.05, 0) is 29.7 Å². The predicted molar refractivity (Wildman–Crippen MR) is 79.5 cm³/mol. The van der Waals surface area contributed by atoms with Crippen LogP contribution >= 0.6 is 12.6 Å². The molecule has 1 nitrogen and oxygen atoms in total. The fraction of sp³-hybridized carbons (Fsp3) is 0.125. The van der Waals surface area contributed by atoms with E-state index < -0.39 is 0 Å². The van der Waals surface area contributed by atoms with Crippen molar-refractivity contribution in [2.75, 3.05) is 0 Å². The van der Waals surface area contributed by atoms with Gasteiger partial charge < -0.3 is 4.98 Å². The van der Waals surface area contributed by atoms with Crippen LogP contribution in [0.2, 0.25) is 0 Å². The first-order valence-corrected chi connectivity index (χ1v) is 6.53. The lowest BCUT2D eigenvalue weighted by molar-refractivity contribution is 1.10. The highest BCUT2D eigenvalue weighted by Crippen LogP contribution is 2.27. The lowest BCUT2D eigenvalue weighted by Gasteiger charge is -2.01. The molecule has 0 spiro atoms. The van der Waals surface area contributed by atoms with Crippen molar-refractivity contribution >= 4 is 23.5 Å². The Balaban J connectivity index is 2.09. The zero-order chi connectivity index (χ0) is 12.5. The highest BCUT2D eigenvalue weighted by molar-refractivity contribution is 7.80. The van der Waals surface area contributed by atoms with Gasteiger partial charge in [0.15, 0.2) is 0 Å². The molecular weight excluding hydrogens is 238 g/mol. The fourth-order valence-electron chi connectivity index (χ4n) is 2.33. The molecule has 0 saturated carbocycles. The standard InChI is InChI=1S/C16H15NS/c1-11-7-8-13-14(16(18)17-15(13)9-11)10-12-5-3-2-4-6-12/h2-9,17-18H,10H2,1H3. The van der Waals surface area contributed by atoms with Crippen LogP contribution in [-0.2, 0) is 6.42 Å². The molecule has 0 saturated heterocycles. The molecule has 0 bridgehead atoms. The Bertz CT molecular complexity index is 683. The van der Waals surface area contributed by atoms with E-state index in [9.17, 15) is 0 Å². The molecule has 0 aliphatic carbocycles. The van der Waals surface area contributed by atoms with E-state index >= 15 is 0 Å². The van der Waals surface area contributed by atoms with Crippen LogP contribution in [0.4, 0.5) is 0 Å². The van der Waals surface area contributed by atoms with E-state index in [4.69, 9.17) is 0 Å². The van der Waals surface area contributed by atoms with Gasteiger partial charge in [-0.2, -0.15) is 0 Å². The number of rotatable bonds is 2. The van der Waals surface area contributed by atoms with E-state index in [-0.39, 0.29) is 0 Å². The summed E-state index contributed by atoms with van der Waals surface area (Å²) in [5.41, 5.74) is 5.03. The smallest absolute Gasteiger partial charge is 0.0737 e. The van der Waals surface area contributed by atoms with Crippen molar-refractivity contribution in [3.63, 3.8) is 0 Å². The lowest BCUT2D eigenvalue weighted by Crippen LogP contribution is -1.87. The Morgan fingerprint density at radius 2 is 1.83 bits per heavy atom. The van der Waals surface area contributed by atoms with Crippen LogP contribution in [-0.4, -0.2) is 4.98 Å². The maximum absolute atomic E-state index is 4.57. The molecule has 90 valence electrons. The Kier molecular flexibility index (Phi) is 2.88. The Morgan fingerprint density at radius 1 is 1.06 bits per heavy atom. The monoisotopic (exact) mass is 253 g/mol. The molecule has 0 radical (unpaired) electrons. The largest absolute Gasteiger partial charge is 0.350 e. The number of nitrogens with one attached hydrogen (secondary N) is 1. The van der Waals surface area contributed by atoms with E-state index in [1.807, 2.05) is 6.07 Å². The first kappa shape index (κ1) is 11.4. The third-order valence-electron chi connectivity index (χ3n) is 3.26. The number of H-pyrrole nitrogens is 1. The van der Waals surface area contributed by atoms with Crippen LogP contribution in [0.15, 0.2) is 53.6 Å². The van der Waals surface area contributed by atoms with Crippen LogP contribution < -0.4 is 0 Å². The van der Waals surface area contributed by atoms with Gasteiger partial charge >= 0.3 is 0 Å². The predicted octanol–water partition coefficient (Wildman–Crippen LogP) is 4.36. The number of benzene rings is 2. The van der Waals surface area contributed by atoms with Crippen molar-refractivity contribution < 1.29 is 0 Å². The van der Waals surface area contributed by atoms with E-state index in [1.54, 1.807) is 0 Å². The maximum atomic E-state index is 4.57. The summed E-state index contributed by atoms with van der Waals surface area (Å²) in [6.45, 7) is 2.11. The lowest BCUT2D eigenvalue weighted by atomic mass is 10.0. The normalized spacial score (nSPS) is 11.0. The third kappa shape index (κ3) is 2.04. The minimum atomic E-state index is 0.919. The van der Waals surface area contributed by atoms with Gasteiger partial charge in [-0.25, -0.2) is 0 Å². The average Bonchev–Trinajstić information content (AvgIpc) is 2.66. The van der Waals surface area contributed by atoms with Crippen LogP contribution in [0.3, 0.4) is 0 Å². The second kappa shape index (κ2) is 4.54. The summed E-state index contributed by atoms with van der Waals surface area (Å²) in [4.78, 5) is 3.35. The molecule has 0 fully saturated rings. The van der Waals surface area contributed by atoms with Gasteiger partial charge in [0, 0.05) is 17.3 Å². The van der Waals surface area contributed by atoms with Crippen molar-refractivity contribution in [1.29, 1.82) is 0 Å². The summed E-state index contributed by atoms with van der Waals surface area (Å²) < 4.78 is 0. The highest BCUT2D eigenvalue weighted by Gasteiger charge is 2.09. The van der Waals surface area contributed by atoms with E-state index in [2.05, 4.69) is 67.0 Å². The number of thiol groups is 1. The quantitative estimate of drug-likeness (QED) is 0.631. The van der Waals surface area contributed by atoms with Gasteiger partial charge in [-0.3, -0.25) is 0 Å². The molecule has 0 aliphatic heterocycles. The topological polar surface area (TPSA) is 15.8 Å². The molecule has 3 aromatic rings. The molecular formula is C16H15NS. The summed E-state index contributed by atoms with van der Waals surface area (Å²) in [6.07, 6.45) is 0.919. The number of aromatic nitrogens is 1.